The van der Waals surface area contributed by atoms with Gasteiger partial charge in [-0.25, -0.2) is 0 Å². The first kappa shape index (κ1) is 76.3. The summed E-state index contributed by atoms with van der Waals surface area (Å²) in [6, 6.07) is 49.8. The SMILES string of the molecule is CN(C)c1ccc(-c2[c-]cc(F)cc2F)nc1.CN(C)c1ccnc(-c2[c-]cc(F)c(C#N)c2F)c1.CN(C)c1ccnc(-c2[c-]ccc(C#N)c2)c1.CN1C=CN(c2[c-]cccc2)[CH-]1.Cc1cccnc1-c1[c-]cc(F)cc1F.[Ir].[Ir].[Ir].[Ir].[Ir]. The maximum Gasteiger partial charge on any atom is 0.0848 e. The van der Waals surface area contributed by atoms with E-state index in [1.54, 1.807) is 61.1 Å². The molecule has 451 valence electrons. The molecule has 5 heterocycles. The molecule has 1 aliphatic heterocycles. The van der Waals surface area contributed by atoms with E-state index in [-0.39, 0.29) is 117 Å². The fourth-order valence-corrected chi connectivity index (χ4v) is 7.10. The Labute approximate surface area is 560 Å². The van der Waals surface area contributed by atoms with Crippen molar-refractivity contribution >= 4 is 22.7 Å². The van der Waals surface area contributed by atoms with Crippen molar-refractivity contribution < 1.29 is 127 Å². The number of hydrogen-bond acceptors (Lipinski definition) is 11. The molecule has 5 radical (unpaired) electrons. The number of pyridine rings is 4. The second-order valence-electron chi connectivity index (χ2n) is 17.8. The first-order valence-corrected chi connectivity index (χ1v) is 24.2. The van der Waals surface area contributed by atoms with Crippen molar-refractivity contribution in [3.05, 3.63) is 247 Å². The maximum absolute atomic E-state index is 14.0. The normalized spacial score (nSPS) is 10.3. The third kappa shape index (κ3) is 22.2. The van der Waals surface area contributed by atoms with Crippen LogP contribution in [0.1, 0.15) is 16.7 Å². The van der Waals surface area contributed by atoms with Gasteiger partial charge in [0.1, 0.15) is 0 Å². The number of nitriles is 2. The van der Waals surface area contributed by atoms with E-state index in [0.717, 1.165) is 69.9 Å². The molecule has 0 unspecified atom stereocenters. The molecular formula is C63H51F6Ir5N11-6. The van der Waals surface area contributed by atoms with E-state index >= 15 is 0 Å². The predicted octanol–water partition coefficient (Wildman–Crippen LogP) is 13.1. The first-order chi connectivity index (χ1) is 38.4. The summed E-state index contributed by atoms with van der Waals surface area (Å²) in [5.74, 6) is -4.44. The number of rotatable bonds is 8. The van der Waals surface area contributed by atoms with Crippen molar-refractivity contribution in [3.8, 4) is 57.2 Å². The molecule has 0 N–H and O–H groups in total. The second-order valence-corrected chi connectivity index (χ2v) is 17.8. The van der Waals surface area contributed by atoms with Gasteiger partial charge in [0, 0.05) is 208 Å². The number of para-hydroxylation sites is 1. The largest absolute Gasteiger partial charge is 0.510 e. The van der Waals surface area contributed by atoms with Crippen LogP contribution in [-0.2, 0) is 101 Å². The Morgan fingerprint density at radius 2 is 1.12 bits per heavy atom. The van der Waals surface area contributed by atoms with Gasteiger partial charge in [-0.1, -0.05) is 58.7 Å². The molecule has 10 rings (SSSR count). The summed E-state index contributed by atoms with van der Waals surface area (Å²) in [5.41, 5.74) is 7.99. The van der Waals surface area contributed by atoms with Crippen LogP contribution in [0.15, 0.2) is 159 Å². The van der Waals surface area contributed by atoms with Gasteiger partial charge in [-0.05, 0) is 79.0 Å². The van der Waals surface area contributed by atoms with Gasteiger partial charge in [-0.3, -0.25) is 26.3 Å². The van der Waals surface area contributed by atoms with Crippen LogP contribution in [0.25, 0.3) is 45.0 Å². The van der Waals surface area contributed by atoms with Crippen molar-refractivity contribution in [3.63, 3.8) is 0 Å². The zero-order valence-corrected chi connectivity index (χ0v) is 58.4. The Morgan fingerprint density at radius 3 is 1.64 bits per heavy atom. The quantitative estimate of drug-likeness (QED) is 0.107. The van der Waals surface area contributed by atoms with Crippen LogP contribution in [0.2, 0.25) is 0 Å². The van der Waals surface area contributed by atoms with E-state index in [0.29, 0.717) is 22.6 Å². The van der Waals surface area contributed by atoms with Gasteiger partial charge in [0.15, 0.2) is 0 Å². The summed E-state index contributed by atoms with van der Waals surface area (Å²) in [4.78, 5) is 26.3. The Morgan fingerprint density at radius 1 is 0.518 bits per heavy atom. The van der Waals surface area contributed by atoms with E-state index in [2.05, 4.69) is 56.3 Å². The zero-order valence-electron chi connectivity index (χ0n) is 46.4. The van der Waals surface area contributed by atoms with Crippen molar-refractivity contribution in [1.29, 1.82) is 10.5 Å². The monoisotopic (exact) mass is 2040 g/mol. The van der Waals surface area contributed by atoms with Crippen LogP contribution in [0, 0.1) is 101 Å². The van der Waals surface area contributed by atoms with Gasteiger partial charge in [0.25, 0.3) is 0 Å². The van der Waals surface area contributed by atoms with Crippen molar-refractivity contribution in [2.45, 2.75) is 6.92 Å². The van der Waals surface area contributed by atoms with Gasteiger partial charge in [-0.2, -0.15) is 47.5 Å². The van der Waals surface area contributed by atoms with Gasteiger partial charge in [-0.15, -0.1) is 71.9 Å². The third-order valence-corrected chi connectivity index (χ3v) is 11.3. The molecule has 0 aliphatic carbocycles. The maximum atomic E-state index is 14.0. The molecule has 0 atom stereocenters. The standard InChI is InChI=1S/C14H10F2N3.C14H12N3.C13H11F2N2.C12H8F2N.C10H10N2.5Ir/c1-19(2)9-5-6-18-13(7-9)10-3-4-12(15)11(8-17)14(10)16;1-17(2)13-6-7-16-14(9-13)12-5-3-4-11(8-12)10-15;1-17(2)10-4-6-13(16-8-10)11-5-3-9(14)7-12(11)15;1-8-3-2-6-15-12(8)10-5-4-9(13)7-11(10)14;1-11-7-8-12(9-11)10-5-3-2-4-6-10;;;;;/h4-7H,1-2H3;3-4,6-9H,1-2H3;3-4,6-8H,1-2H3;2-4,6-7H,1H3;2-5,7-9H,1H3;;;;;/q4*-1;-2;;;;;. The summed E-state index contributed by atoms with van der Waals surface area (Å²) >= 11 is 0. The molecule has 0 saturated heterocycles. The van der Waals surface area contributed by atoms with Crippen LogP contribution in [-0.4, -0.2) is 74.2 Å². The van der Waals surface area contributed by atoms with Crippen molar-refractivity contribution in [2.24, 2.45) is 0 Å². The van der Waals surface area contributed by atoms with Gasteiger partial charge < -0.3 is 44.4 Å². The molecule has 0 amide bonds. The molecule has 22 heteroatoms. The summed E-state index contributed by atoms with van der Waals surface area (Å²) in [6.45, 7) is 3.82. The number of halogens is 6. The van der Waals surface area contributed by atoms with Crippen LogP contribution in [0.5, 0.6) is 0 Å². The Balaban J connectivity index is 0.000000527. The average molecular weight is 2040 g/mol. The van der Waals surface area contributed by atoms with E-state index in [1.165, 1.54) is 12.3 Å². The summed E-state index contributed by atoms with van der Waals surface area (Å²) < 4.78 is 79.5. The van der Waals surface area contributed by atoms with E-state index in [4.69, 9.17) is 10.5 Å². The molecule has 0 bridgehead atoms. The van der Waals surface area contributed by atoms with Gasteiger partial charge in [0.2, 0.25) is 0 Å². The minimum atomic E-state index is -0.939. The van der Waals surface area contributed by atoms with Crippen LogP contribution in [0.3, 0.4) is 0 Å². The van der Waals surface area contributed by atoms with Crippen LogP contribution in [0.4, 0.5) is 49.1 Å². The number of aryl methyl sites for hydroxylation is 1. The molecule has 5 aromatic carbocycles. The molecule has 9 aromatic rings. The summed E-state index contributed by atoms with van der Waals surface area (Å²) in [5, 5.41) is 17.6. The average Bonchev–Trinajstić information content (AvgIpc) is 4.13. The number of nitrogens with zero attached hydrogens (tertiary/aromatic N) is 11. The topological polar surface area (TPSA) is 115 Å². The molecule has 0 fully saturated rings. The molecular weight excluding hydrogens is 1990 g/mol. The van der Waals surface area contributed by atoms with Gasteiger partial charge in [0.05, 0.1) is 29.5 Å². The molecule has 0 spiro atoms. The zero-order chi connectivity index (χ0) is 57.9. The van der Waals surface area contributed by atoms with Gasteiger partial charge >= 0.3 is 0 Å². The van der Waals surface area contributed by atoms with Crippen molar-refractivity contribution in [2.75, 3.05) is 68.9 Å². The second kappa shape index (κ2) is 37.6. The summed E-state index contributed by atoms with van der Waals surface area (Å²) in [7, 11) is 13.4. The Kier molecular flexibility index (Phi) is 33.8. The number of benzene rings is 5. The van der Waals surface area contributed by atoms with Crippen molar-refractivity contribution in [1.82, 2.24) is 24.8 Å². The smallest absolute Gasteiger partial charge is 0.0848 e. The molecule has 1 aliphatic rings. The minimum absolute atomic E-state index is 0. The molecule has 4 aromatic heterocycles. The third-order valence-electron chi connectivity index (χ3n) is 11.3. The van der Waals surface area contributed by atoms with E-state index in [1.807, 2.05) is 148 Å². The van der Waals surface area contributed by atoms with E-state index in [9.17, 15) is 26.3 Å². The Bertz CT molecular complexity index is 3650. The first-order valence-electron chi connectivity index (χ1n) is 24.2. The fraction of sp³-hybridized carbons (Fsp3) is 0.127. The van der Waals surface area contributed by atoms with Crippen LogP contribution >= 0.6 is 0 Å². The number of anilines is 4. The molecule has 85 heavy (non-hydrogen) atoms. The molecule has 0 saturated carbocycles. The van der Waals surface area contributed by atoms with E-state index < -0.39 is 40.5 Å². The predicted molar refractivity (Wildman–Crippen MR) is 300 cm³/mol. The molecule has 11 nitrogen and oxygen atoms in total. The van der Waals surface area contributed by atoms with Crippen LogP contribution < -0.4 is 19.6 Å². The Hall–Kier alpha value is -6.75. The summed E-state index contributed by atoms with van der Waals surface area (Å²) in [6.07, 6.45) is 10.5. The number of aromatic nitrogens is 4. The fourth-order valence-electron chi connectivity index (χ4n) is 7.10. The minimum Gasteiger partial charge on any atom is -0.510 e. The number of hydrogen-bond donors (Lipinski definition) is 0.